The minimum atomic E-state index is -0.242. The van der Waals surface area contributed by atoms with Crippen LogP contribution in [0.3, 0.4) is 0 Å². The maximum atomic E-state index is 11.4. The standard InChI is InChI=1S/C14H18N4O/c1-10(14(19)17-15)13-5-3-12(4-6-13)9-18-8-7-16-11(18)2/h3-8,10H,9,15H2,1-2H3,(H,17,19). The second kappa shape index (κ2) is 5.67. The lowest BCUT2D eigenvalue weighted by Crippen LogP contribution is -2.33. The highest BCUT2D eigenvalue weighted by molar-refractivity contribution is 5.82. The summed E-state index contributed by atoms with van der Waals surface area (Å²) in [5.41, 5.74) is 4.29. The van der Waals surface area contributed by atoms with Crippen LogP contribution >= 0.6 is 0 Å². The number of nitrogens with two attached hydrogens (primary N) is 1. The predicted molar refractivity (Wildman–Crippen MR) is 73.3 cm³/mol. The van der Waals surface area contributed by atoms with Crippen molar-refractivity contribution in [3.63, 3.8) is 0 Å². The van der Waals surface area contributed by atoms with E-state index in [0.717, 1.165) is 17.9 Å². The summed E-state index contributed by atoms with van der Waals surface area (Å²) in [4.78, 5) is 15.6. The molecular weight excluding hydrogens is 240 g/mol. The third-order valence-corrected chi connectivity index (χ3v) is 3.29. The van der Waals surface area contributed by atoms with E-state index in [0.29, 0.717) is 0 Å². The Morgan fingerprint density at radius 2 is 2.11 bits per heavy atom. The average Bonchev–Trinajstić information content (AvgIpc) is 2.83. The number of aromatic nitrogens is 2. The molecule has 1 unspecified atom stereocenters. The van der Waals surface area contributed by atoms with Crippen LogP contribution in [0.25, 0.3) is 0 Å². The molecule has 1 amide bonds. The normalized spacial score (nSPS) is 12.2. The highest BCUT2D eigenvalue weighted by Gasteiger charge is 2.13. The number of nitrogens with one attached hydrogen (secondary N) is 1. The number of hydrogen-bond acceptors (Lipinski definition) is 3. The van der Waals surface area contributed by atoms with Crippen LogP contribution in [-0.4, -0.2) is 15.5 Å². The van der Waals surface area contributed by atoms with Gasteiger partial charge in [0.1, 0.15) is 5.82 Å². The topological polar surface area (TPSA) is 72.9 Å². The highest BCUT2D eigenvalue weighted by Crippen LogP contribution is 2.16. The summed E-state index contributed by atoms with van der Waals surface area (Å²) in [6, 6.07) is 7.97. The third-order valence-electron chi connectivity index (χ3n) is 3.29. The number of aryl methyl sites for hydroxylation is 1. The van der Waals surface area contributed by atoms with Gasteiger partial charge in [-0.05, 0) is 25.0 Å². The summed E-state index contributed by atoms with van der Waals surface area (Å²) in [7, 11) is 0. The molecule has 0 fully saturated rings. The summed E-state index contributed by atoms with van der Waals surface area (Å²) >= 11 is 0. The minimum absolute atomic E-state index is 0.182. The quantitative estimate of drug-likeness (QED) is 0.493. The zero-order valence-electron chi connectivity index (χ0n) is 11.1. The van der Waals surface area contributed by atoms with E-state index in [9.17, 15) is 4.79 Å². The van der Waals surface area contributed by atoms with Gasteiger partial charge in [-0.3, -0.25) is 10.2 Å². The molecule has 3 N–H and O–H groups in total. The minimum Gasteiger partial charge on any atom is -0.331 e. The van der Waals surface area contributed by atoms with Gasteiger partial charge in [-0.15, -0.1) is 0 Å². The molecule has 1 heterocycles. The number of benzene rings is 1. The number of carbonyl (C=O) groups is 1. The van der Waals surface area contributed by atoms with Gasteiger partial charge >= 0.3 is 0 Å². The molecule has 0 aliphatic carbocycles. The molecule has 1 aromatic heterocycles. The van der Waals surface area contributed by atoms with Crippen molar-refractivity contribution in [2.45, 2.75) is 26.3 Å². The van der Waals surface area contributed by atoms with E-state index in [4.69, 9.17) is 5.84 Å². The van der Waals surface area contributed by atoms with Crippen molar-refractivity contribution < 1.29 is 4.79 Å². The molecular formula is C14H18N4O. The van der Waals surface area contributed by atoms with Crippen LogP contribution in [0.2, 0.25) is 0 Å². The van der Waals surface area contributed by atoms with Crippen molar-refractivity contribution >= 4 is 5.91 Å². The second-order valence-corrected chi connectivity index (χ2v) is 4.57. The Hall–Kier alpha value is -2.14. The molecule has 0 bridgehead atoms. The van der Waals surface area contributed by atoms with Gasteiger partial charge in [0, 0.05) is 18.9 Å². The molecule has 1 aromatic carbocycles. The molecule has 0 spiro atoms. The van der Waals surface area contributed by atoms with Gasteiger partial charge in [0.25, 0.3) is 0 Å². The number of carbonyl (C=O) groups excluding carboxylic acids is 1. The first-order chi connectivity index (χ1) is 9.11. The van der Waals surface area contributed by atoms with Gasteiger partial charge in [-0.25, -0.2) is 10.8 Å². The molecule has 2 aromatic rings. The lowest BCUT2D eigenvalue weighted by Gasteiger charge is -2.11. The first-order valence-electron chi connectivity index (χ1n) is 6.19. The molecule has 0 radical (unpaired) electrons. The maximum absolute atomic E-state index is 11.4. The number of hydrazine groups is 1. The number of hydrogen-bond donors (Lipinski definition) is 2. The summed E-state index contributed by atoms with van der Waals surface area (Å²) in [5, 5.41) is 0. The van der Waals surface area contributed by atoms with Crippen molar-refractivity contribution in [3.05, 3.63) is 53.6 Å². The molecule has 0 aliphatic heterocycles. The Bertz CT molecular complexity index is 559. The summed E-state index contributed by atoms with van der Waals surface area (Å²) in [6.45, 7) is 4.59. The molecule has 19 heavy (non-hydrogen) atoms. The van der Waals surface area contributed by atoms with Crippen molar-refractivity contribution in [2.24, 2.45) is 5.84 Å². The summed E-state index contributed by atoms with van der Waals surface area (Å²) < 4.78 is 2.07. The van der Waals surface area contributed by atoms with E-state index in [-0.39, 0.29) is 11.8 Å². The molecule has 100 valence electrons. The number of imidazole rings is 1. The molecule has 2 rings (SSSR count). The Balaban J connectivity index is 2.10. The van der Waals surface area contributed by atoms with E-state index in [1.54, 1.807) is 6.20 Å². The number of amides is 1. The Kier molecular flexibility index (Phi) is 3.97. The highest BCUT2D eigenvalue weighted by atomic mass is 16.2. The van der Waals surface area contributed by atoms with E-state index in [2.05, 4.69) is 15.0 Å². The summed E-state index contributed by atoms with van der Waals surface area (Å²) in [6.07, 6.45) is 3.74. The Morgan fingerprint density at radius 1 is 1.42 bits per heavy atom. The van der Waals surface area contributed by atoms with E-state index >= 15 is 0 Å². The molecule has 1 atom stereocenters. The fourth-order valence-corrected chi connectivity index (χ4v) is 1.96. The van der Waals surface area contributed by atoms with E-state index in [1.165, 1.54) is 5.56 Å². The lowest BCUT2D eigenvalue weighted by atomic mass is 9.99. The first kappa shape index (κ1) is 13.3. The fourth-order valence-electron chi connectivity index (χ4n) is 1.96. The van der Waals surface area contributed by atoms with Crippen molar-refractivity contribution in [1.82, 2.24) is 15.0 Å². The van der Waals surface area contributed by atoms with E-state index < -0.39 is 0 Å². The average molecular weight is 258 g/mol. The first-order valence-corrected chi connectivity index (χ1v) is 6.19. The van der Waals surface area contributed by atoms with Gasteiger partial charge in [0.05, 0.1) is 5.92 Å². The van der Waals surface area contributed by atoms with Crippen LogP contribution in [0, 0.1) is 6.92 Å². The van der Waals surface area contributed by atoms with Crippen LogP contribution in [0.5, 0.6) is 0 Å². The predicted octanol–water partition coefficient (Wildman–Crippen LogP) is 1.33. The molecule has 5 nitrogen and oxygen atoms in total. The summed E-state index contributed by atoms with van der Waals surface area (Å²) in [5.74, 6) is 5.70. The zero-order valence-corrected chi connectivity index (χ0v) is 11.1. The van der Waals surface area contributed by atoms with Crippen molar-refractivity contribution in [3.8, 4) is 0 Å². The maximum Gasteiger partial charge on any atom is 0.241 e. The number of nitrogens with zero attached hydrogens (tertiary/aromatic N) is 2. The zero-order chi connectivity index (χ0) is 13.8. The van der Waals surface area contributed by atoms with Crippen LogP contribution < -0.4 is 11.3 Å². The lowest BCUT2D eigenvalue weighted by molar-refractivity contribution is -0.122. The van der Waals surface area contributed by atoms with Crippen LogP contribution in [0.1, 0.15) is 29.8 Å². The molecule has 5 heteroatoms. The fraction of sp³-hybridized carbons (Fsp3) is 0.286. The SMILES string of the molecule is Cc1nccn1Cc1ccc(C(C)C(=O)NN)cc1. The van der Waals surface area contributed by atoms with Crippen LogP contribution in [0.4, 0.5) is 0 Å². The van der Waals surface area contributed by atoms with Gasteiger partial charge in [-0.1, -0.05) is 24.3 Å². The van der Waals surface area contributed by atoms with Crippen molar-refractivity contribution in [2.75, 3.05) is 0 Å². The van der Waals surface area contributed by atoms with Gasteiger partial charge < -0.3 is 4.57 Å². The van der Waals surface area contributed by atoms with Gasteiger partial charge in [0.15, 0.2) is 0 Å². The molecule has 0 saturated heterocycles. The number of rotatable bonds is 4. The van der Waals surface area contributed by atoms with Gasteiger partial charge in [-0.2, -0.15) is 0 Å². The third kappa shape index (κ3) is 3.00. The van der Waals surface area contributed by atoms with Crippen molar-refractivity contribution in [1.29, 1.82) is 0 Å². The molecule has 0 aliphatic rings. The van der Waals surface area contributed by atoms with Crippen LogP contribution in [-0.2, 0) is 11.3 Å². The largest absolute Gasteiger partial charge is 0.331 e. The second-order valence-electron chi connectivity index (χ2n) is 4.57. The van der Waals surface area contributed by atoms with Gasteiger partial charge in [0.2, 0.25) is 5.91 Å². The molecule has 0 saturated carbocycles. The van der Waals surface area contributed by atoms with E-state index in [1.807, 2.05) is 44.3 Å². The smallest absolute Gasteiger partial charge is 0.241 e. The monoisotopic (exact) mass is 258 g/mol. The Morgan fingerprint density at radius 3 is 2.63 bits per heavy atom. The van der Waals surface area contributed by atoms with Crippen LogP contribution in [0.15, 0.2) is 36.7 Å². The Labute approximate surface area is 112 Å².